The lowest BCUT2D eigenvalue weighted by molar-refractivity contribution is -0.131. The summed E-state index contributed by atoms with van der Waals surface area (Å²) in [4.78, 5) is 24.5. The fourth-order valence-corrected chi connectivity index (χ4v) is 3.99. The molecule has 9 nitrogen and oxygen atoms in total. The van der Waals surface area contributed by atoms with E-state index in [-0.39, 0.29) is 12.5 Å². The zero-order chi connectivity index (χ0) is 21.2. The molecule has 2 aromatic carbocycles. The van der Waals surface area contributed by atoms with Crippen molar-refractivity contribution in [2.24, 2.45) is 0 Å². The molecule has 0 spiro atoms. The standard InChI is InChI=1S/C22H24N8O/c1-28(13-20-23-18-8-4-5-9-19(18)24-20)22(31)15-30-21(25-26-27-30)14-29-11-10-16-6-2-3-7-17(16)12-29/h2-9H,10-15H2,1H3,(H,23,24). The molecule has 9 heteroatoms. The molecule has 0 unspecified atom stereocenters. The Balaban J connectivity index is 1.22. The van der Waals surface area contributed by atoms with Crippen molar-refractivity contribution in [3.63, 3.8) is 0 Å². The topological polar surface area (TPSA) is 95.8 Å². The average molecular weight is 416 g/mol. The van der Waals surface area contributed by atoms with Crippen LogP contribution < -0.4 is 0 Å². The van der Waals surface area contributed by atoms with Crippen molar-refractivity contribution < 1.29 is 4.79 Å². The van der Waals surface area contributed by atoms with Crippen molar-refractivity contribution in [3.8, 4) is 0 Å². The molecule has 1 aliphatic heterocycles. The number of nitrogens with one attached hydrogen (secondary N) is 1. The van der Waals surface area contributed by atoms with Gasteiger partial charge >= 0.3 is 0 Å². The maximum Gasteiger partial charge on any atom is 0.244 e. The number of benzene rings is 2. The minimum absolute atomic E-state index is 0.0713. The predicted molar refractivity (Wildman–Crippen MR) is 115 cm³/mol. The summed E-state index contributed by atoms with van der Waals surface area (Å²) in [5, 5.41) is 12.0. The lowest BCUT2D eigenvalue weighted by Crippen LogP contribution is -2.33. The van der Waals surface area contributed by atoms with E-state index in [9.17, 15) is 4.79 Å². The van der Waals surface area contributed by atoms with E-state index in [0.29, 0.717) is 18.9 Å². The van der Waals surface area contributed by atoms with Crippen molar-refractivity contribution in [2.75, 3.05) is 13.6 Å². The Morgan fingerprint density at radius 2 is 1.94 bits per heavy atom. The fraction of sp³-hybridized carbons (Fsp3) is 0.318. The fourth-order valence-electron chi connectivity index (χ4n) is 3.99. The third-order valence-electron chi connectivity index (χ3n) is 5.72. The van der Waals surface area contributed by atoms with Crippen LogP contribution in [0, 0.1) is 0 Å². The summed E-state index contributed by atoms with van der Waals surface area (Å²) in [7, 11) is 1.76. The number of rotatable bonds is 6. The van der Waals surface area contributed by atoms with Crippen molar-refractivity contribution >= 4 is 16.9 Å². The summed E-state index contributed by atoms with van der Waals surface area (Å²) in [5.74, 6) is 1.38. The number of imidazole rings is 1. The van der Waals surface area contributed by atoms with E-state index >= 15 is 0 Å². The van der Waals surface area contributed by atoms with E-state index in [1.54, 1.807) is 16.6 Å². The van der Waals surface area contributed by atoms with Crippen molar-refractivity contribution in [3.05, 3.63) is 71.3 Å². The van der Waals surface area contributed by atoms with Gasteiger partial charge in [-0.05, 0) is 40.1 Å². The van der Waals surface area contributed by atoms with Crippen molar-refractivity contribution in [1.82, 2.24) is 40.0 Å². The van der Waals surface area contributed by atoms with Gasteiger partial charge < -0.3 is 9.88 Å². The van der Waals surface area contributed by atoms with Crippen LogP contribution in [-0.2, 0) is 37.4 Å². The normalized spacial score (nSPS) is 14.0. The number of hydrogen-bond donors (Lipinski definition) is 1. The first kappa shape index (κ1) is 19.4. The molecule has 1 N–H and O–H groups in total. The third-order valence-corrected chi connectivity index (χ3v) is 5.72. The molecule has 1 amide bonds. The van der Waals surface area contributed by atoms with Crippen LogP contribution in [0.25, 0.3) is 11.0 Å². The van der Waals surface area contributed by atoms with Crippen LogP contribution in [0.3, 0.4) is 0 Å². The number of tetrazole rings is 1. The number of hydrogen-bond acceptors (Lipinski definition) is 6. The van der Waals surface area contributed by atoms with Gasteiger partial charge in [-0.15, -0.1) is 5.10 Å². The molecule has 0 aliphatic carbocycles. The summed E-state index contributed by atoms with van der Waals surface area (Å²) in [6.45, 7) is 2.92. The van der Waals surface area contributed by atoms with Crippen LogP contribution in [-0.4, -0.2) is 59.5 Å². The predicted octanol–water partition coefficient (Wildman–Crippen LogP) is 1.77. The Bertz CT molecular complexity index is 1180. The number of fused-ring (bicyclic) bond motifs is 2. The first-order chi connectivity index (χ1) is 15.2. The monoisotopic (exact) mass is 416 g/mol. The smallest absolute Gasteiger partial charge is 0.244 e. The van der Waals surface area contributed by atoms with Gasteiger partial charge in [0.05, 0.1) is 24.1 Å². The number of H-pyrrole nitrogens is 1. The van der Waals surface area contributed by atoms with Gasteiger partial charge in [0.2, 0.25) is 5.91 Å². The van der Waals surface area contributed by atoms with Gasteiger partial charge in [-0.1, -0.05) is 36.4 Å². The Morgan fingerprint density at radius 1 is 1.13 bits per heavy atom. The molecule has 4 aromatic rings. The van der Waals surface area contributed by atoms with E-state index in [1.807, 2.05) is 24.3 Å². The number of aromatic amines is 1. The van der Waals surface area contributed by atoms with Gasteiger partial charge in [0.15, 0.2) is 5.82 Å². The van der Waals surface area contributed by atoms with Gasteiger partial charge in [-0.2, -0.15) is 0 Å². The number of carbonyl (C=O) groups excluding carboxylic acids is 1. The maximum absolute atomic E-state index is 12.8. The quantitative estimate of drug-likeness (QED) is 0.515. The van der Waals surface area contributed by atoms with E-state index in [0.717, 1.165) is 36.4 Å². The zero-order valence-electron chi connectivity index (χ0n) is 17.4. The van der Waals surface area contributed by atoms with Crippen LogP contribution >= 0.6 is 0 Å². The number of para-hydroxylation sites is 2. The third kappa shape index (κ3) is 4.17. The molecule has 0 saturated carbocycles. The SMILES string of the molecule is CN(Cc1nc2ccccc2[nH]1)C(=O)Cn1nnnc1CN1CCc2ccccc2C1. The number of likely N-dealkylation sites (N-methyl/N-ethyl adjacent to an activating group) is 1. The lowest BCUT2D eigenvalue weighted by Gasteiger charge is -2.28. The molecular weight excluding hydrogens is 392 g/mol. The van der Waals surface area contributed by atoms with Crippen LogP contribution in [0.4, 0.5) is 0 Å². The molecule has 158 valence electrons. The van der Waals surface area contributed by atoms with Gasteiger partial charge in [0.25, 0.3) is 0 Å². The van der Waals surface area contributed by atoms with E-state index in [1.165, 1.54) is 11.1 Å². The molecule has 2 aromatic heterocycles. The minimum atomic E-state index is -0.0713. The zero-order valence-corrected chi connectivity index (χ0v) is 17.4. The highest BCUT2D eigenvalue weighted by atomic mass is 16.2. The second kappa shape index (κ2) is 8.27. The Hall–Kier alpha value is -3.59. The molecule has 0 bridgehead atoms. The summed E-state index contributed by atoms with van der Waals surface area (Å²) < 4.78 is 1.60. The van der Waals surface area contributed by atoms with E-state index in [4.69, 9.17) is 0 Å². The summed E-state index contributed by atoms with van der Waals surface area (Å²) >= 11 is 0. The lowest BCUT2D eigenvalue weighted by atomic mass is 10.00. The van der Waals surface area contributed by atoms with Crippen molar-refractivity contribution in [2.45, 2.75) is 32.6 Å². The van der Waals surface area contributed by atoms with Crippen LogP contribution in [0.15, 0.2) is 48.5 Å². The maximum atomic E-state index is 12.8. The van der Waals surface area contributed by atoms with E-state index in [2.05, 4.69) is 54.7 Å². The molecule has 0 atom stereocenters. The highest BCUT2D eigenvalue weighted by Crippen LogP contribution is 2.19. The van der Waals surface area contributed by atoms with E-state index < -0.39 is 0 Å². The highest BCUT2D eigenvalue weighted by Gasteiger charge is 2.20. The molecule has 0 radical (unpaired) electrons. The van der Waals surface area contributed by atoms with Gasteiger partial charge in [0, 0.05) is 20.1 Å². The molecular formula is C22H24N8O. The number of aromatic nitrogens is 6. The van der Waals surface area contributed by atoms with Gasteiger partial charge in [-0.25, -0.2) is 9.67 Å². The van der Waals surface area contributed by atoms with Crippen LogP contribution in [0.5, 0.6) is 0 Å². The Morgan fingerprint density at radius 3 is 2.81 bits per heavy atom. The van der Waals surface area contributed by atoms with Crippen LogP contribution in [0.2, 0.25) is 0 Å². The number of amides is 1. The molecule has 0 saturated heterocycles. The second-order valence-corrected chi connectivity index (χ2v) is 7.93. The van der Waals surface area contributed by atoms with Crippen molar-refractivity contribution in [1.29, 1.82) is 0 Å². The first-order valence-electron chi connectivity index (χ1n) is 10.4. The highest BCUT2D eigenvalue weighted by molar-refractivity contribution is 5.76. The Labute approximate surface area is 179 Å². The largest absolute Gasteiger partial charge is 0.340 e. The van der Waals surface area contributed by atoms with Crippen LogP contribution in [0.1, 0.15) is 22.8 Å². The van der Waals surface area contributed by atoms with Gasteiger partial charge in [0.1, 0.15) is 12.4 Å². The Kier molecular flexibility index (Phi) is 5.17. The first-order valence-corrected chi connectivity index (χ1v) is 10.4. The minimum Gasteiger partial charge on any atom is -0.340 e. The summed E-state index contributed by atoms with van der Waals surface area (Å²) in [5.41, 5.74) is 4.60. The molecule has 1 aliphatic rings. The molecule has 3 heterocycles. The summed E-state index contributed by atoms with van der Waals surface area (Å²) in [6.07, 6.45) is 1.01. The molecule has 0 fully saturated rings. The number of carbonyl (C=O) groups is 1. The van der Waals surface area contributed by atoms with Gasteiger partial charge in [-0.3, -0.25) is 9.69 Å². The summed E-state index contributed by atoms with van der Waals surface area (Å²) in [6, 6.07) is 16.3. The molecule has 31 heavy (non-hydrogen) atoms. The molecule has 5 rings (SSSR count). The number of nitrogens with zero attached hydrogens (tertiary/aromatic N) is 7. The average Bonchev–Trinajstić information content (AvgIpc) is 3.39. The second-order valence-electron chi connectivity index (χ2n) is 7.93.